The lowest BCUT2D eigenvalue weighted by molar-refractivity contribution is -0.158. The molecule has 0 spiro atoms. The van der Waals surface area contributed by atoms with E-state index in [9.17, 15) is 14.4 Å². The van der Waals surface area contributed by atoms with E-state index < -0.39 is 36.1 Å². The number of nitrogens with zero attached hydrogens (tertiary/aromatic N) is 1. The van der Waals surface area contributed by atoms with E-state index in [0.29, 0.717) is 10.8 Å². The Bertz CT molecular complexity index is 1100. The minimum atomic E-state index is -1.00. The third-order valence-corrected chi connectivity index (χ3v) is 6.34. The van der Waals surface area contributed by atoms with Crippen molar-refractivity contribution >= 4 is 29.4 Å². The Morgan fingerprint density at radius 2 is 1.76 bits per heavy atom. The Morgan fingerprint density at radius 3 is 2.32 bits per heavy atom. The Hall–Kier alpha value is -3.33. The van der Waals surface area contributed by atoms with Gasteiger partial charge < -0.3 is 24.3 Å². The summed E-state index contributed by atoms with van der Waals surface area (Å²) in [5.74, 6) is -1.59. The normalized spacial score (nSPS) is 13.4. The standard InChI is InChI=1S/C28H37ClN2O7/c1-8-19(9-2)25(38-21-12-10-11-20(29)15-21)17(5)36-28(34)23(16(3)4)31-27(33)24-26(37-18(6)32)22(35-7)13-14-30-24/h10-17,19,23,25H,8-9H2,1-7H3,(H,31,33)/t17-,23-,25-/m0/s1. The highest BCUT2D eigenvalue weighted by atomic mass is 35.5. The van der Waals surface area contributed by atoms with E-state index >= 15 is 0 Å². The Balaban J connectivity index is 2.26. The maximum atomic E-state index is 13.3. The van der Waals surface area contributed by atoms with Crippen LogP contribution < -0.4 is 19.5 Å². The fraction of sp³-hybridized carbons (Fsp3) is 0.500. The molecule has 1 amide bonds. The Morgan fingerprint density at radius 1 is 1.08 bits per heavy atom. The van der Waals surface area contributed by atoms with Crippen molar-refractivity contribution in [3.63, 3.8) is 0 Å². The van der Waals surface area contributed by atoms with Gasteiger partial charge in [0.25, 0.3) is 5.91 Å². The fourth-order valence-electron chi connectivity index (χ4n) is 4.05. The van der Waals surface area contributed by atoms with Crippen molar-refractivity contribution in [3.8, 4) is 17.2 Å². The highest BCUT2D eigenvalue weighted by Crippen LogP contribution is 2.30. The highest BCUT2D eigenvalue weighted by Gasteiger charge is 2.34. The summed E-state index contributed by atoms with van der Waals surface area (Å²) in [5, 5.41) is 3.21. The van der Waals surface area contributed by atoms with Crippen LogP contribution in [0.25, 0.3) is 0 Å². The van der Waals surface area contributed by atoms with Crippen molar-refractivity contribution in [1.29, 1.82) is 0 Å². The predicted molar refractivity (Wildman–Crippen MR) is 144 cm³/mol. The van der Waals surface area contributed by atoms with Crippen molar-refractivity contribution in [2.75, 3.05) is 7.11 Å². The molecular weight excluding hydrogens is 512 g/mol. The number of esters is 2. The Kier molecular flexibility index (Phi) is 11.8. The first-order valence-corrected chi connectivity index (χ1v) is 13.0. The van der Waals surface area contributed by atoms with Crippen LogP contribution in [0, 0.1) is 11.8 Å². The van der Waals surface area contributed by atoms with E-state index in [2.05, 4.69) is 24.1 Å². The molecule has 0 saturated carbocycles. The number of benzene rings is 1. The second-order valence-electron chi connectivity index (χ2n) is 9.24. The van der Waals surface area contributed by atoms with Crippen LogP contribution in [-0.2, 0) is 14.3 Å². The van der Waals surface area contributed by atoms with Gasteiger partial charge in [-0.15, -0.1) is 0 Å². The summed E-state index contributed by atoms with van der Waals surface area (Å²) < 4.78 is 22.5. The number of halogens is 1. The van der Waals surface area contributed by atoms with Crippen LogP contribution in [0.2, 0.25) is 5.02 Å². The molecule has 38 heavy (non-hydrogen) atoms. The monoisotopic (exact) mass is 548 g/mol. The van der Waals surface area contributed by atoms with Crippen molar-refractivity contribution in [1.82, 2.24) is 10.3 Å². The van der Waals surface area contributed by atoms with Gasteiger partial charge in [-0.3, -0.25) is 9.59 Å². The number of hydrogen-bond acceptors (Lipinski definition) is 8. The molecule has 0 saturated heterocycles. The number of carbonyl (C=O) groups is 3. The van der Waals surface area contributed by atoms with E-state index in [1.165, 1.54) is 26.3 Å². The van der Waals surface area contributed by atoms with E-state index in [4.69, 9.17) is 30.5 Å². The molecule has 9 nitrogen and oxygen atoms in total. The maximum absolute atomic E-state index is 13.3. The molecule has 2 aromatic rings. The molecule has 0 aliphatic heterocycles. The molecule has 10 heteroatoms. The molecule has 1 aromatic carbocycles. The van der Waals surface area contributed by atoms with Gasteiger partial charge in [-0.05, 0) is 49.8 Å². The molecule has 0 radical (unpaired) electrons. The number of pyridine rings is 1. The number of aromatic nitrogens is 1. The molecule has 1 N–H and O–H groups in total. The lowest BCUT2D eigenvalue weighted by Gasteiger charge is -2.32. The van der Waals surface area contributed by atoms with Crippen LogP contribution in [0.15, 0.2) is 36.5 Å². The number of hydrogen-bond donors (Lipinski definition) is 1. The number of amides is 1. The van der Waals surface area contributed by atoms with Crippen LogP contribution in [0.1, 0.15) is 64.9 Å². The van der Waals surface area contributed by atoms with Gasteiger partial charge >= 0.3 is 11.9 Å². The molecule has 0 unspecified atom stereocenters. The topological polar surface area (TPSA) is 113 Å². The van der Waals surface area contributed by atoms with Gasteiger partial charge in [-0.1, -0.05) is 45.4 Å². The summed E-state index contributed by atoms with van der Waals surface area (Å²) in [6.45, 7) is 10.6. The lowest BCUT2D eigenvalue weighted by Crippen LogP contribution is -2.48. The quantitative estimate of drug-likeness (QED) is 0.338. The molecule has 0 aliphatic rings. The zero-order valence-corrected chi connectivity index (χ0v) is 23.7. The Labute approximate surface area is 229 Å². The van der Waals surface area contributed by atoms with Crippen LogP contribution in [0.3, 0.4) is 0 Å². The van der Waals surface area contributed by atoms with Gasteiger partial charge in [-0.25, -0.2) is 9.78 Å². The highest BCUT2D eigenvalue weighted by molar-refractivity contribution is 6.30. The summed E-state index contributed by atoms with van der Waals surface area (Å²) in [6.07, 6.45) is 1.91. The average Bonchev–Trinajstić information content (AvgIpc) is 2.86. The zero-order chi connectivity index (χ0) is 28.4. The number of methoxy groups -OCH3 is 1. The number of carbonyl (C=O) groups excluding carboxylic acids is 3. The average molecular weight is 549 g/mol. The summed E-state index contributed by atoms with van der Waals surface area (Å²) in [7, 11) is 1.38. The molecule has 0 bridgehead atoms. The van der Waals surface area contributed by atoms with E-state index in [-0.39, 0.29) is 29.0 Å². The van der Waals surface area contributed by atoms with Gasteiger partial charge in [0.2, 0.25) is 5.75 Å². The third-order valence-electron chi connectivity index (χ3n) is 6.10. The van der Waals surface area contributed by atoms with E-state index in [1.807, 2.05) is 0 Å². The second-order valence-corrected chi connectivity index (χ2v) is 9.67. The first-order valence-electron chi connectivity index (χ1n) is 12.7. The lowest BCUT2D eigenvalue weighted by atomic mass is 9.93. The first kappa shape index (κ1) is 30.9. The second kappa shape index (κ2) is 14.6. The number of ether oxygens (including phenoxy) is 4. The molecular formula is C28H37ClN2O7. The van der Waals surface area contributed by atoms with Crippen molar-refractivity contribution in [2.45, 2.75) is 72.6 Å². The summed E-state index contributed by atoms with van der Waals surface area (Å²) in [4.78, 5) is 42.1. The molecule has 0 fully saturated rings. The maximum Gasteiger partial charge on any atom is 0.329 e. The predicted octanol–water partition coefficient (Wildman–Crippen LogP) is 5.24. The van der Waals surface area contributed by atoms with Crippen molar-refractivity contribution in [3.05, 3.63) is 47.2 Å². The molecule has 0 aliphatic carbocycles. The fourth-order valence-corrected chi connectivity index (χ4v) is 4.23. The number of nitrogens with one attached hydrogen (secondary N) is 1. The van der Waals surface area contributed by atoms with Gasteiger partial charge in [-0.2, -0.15) is 0 Å². The minimum Gasteiger partial charge on any atom is -0.493 e. The molecule has 1 heterocycles. The molecule has 3 atom stereocenters. The van der Waals surface area contributed by atoms with Crippen LogP contribution in [0.5, 0.6) is 17.2 Å². The molecule has 2 rings (SSSR count). The summed E-state index contributed by atoms with van der Waals surface area (Å²) >= 11 is 6.13. The van der Waals surface area contributed by atoms with Gasteiger partial charge in [0, 0.05) is 24.2 Å². The van der Waals surface area contributed by atoms with Crippen molar-refractivity contribution in [2.24, 2.45) is 11.8 Å². The van der Waals surface area contributed by atoms with Gasteiger partial charge in [0.1, 0.15) is 24.0 Å². The van der Waals surface area contributed by atoms with Crippen LogP contribution in [0.4, 0.5) is 0 Å². The smallest absolute Gasteiger partial charge is 0.329 e. The zero-order valence-electron chi connectivity index (χ0n) is 22.9. The summed E-state index contributed by atoms with van der Waals surface area (Å²) in [6, 6.07) is 7.52. The van der Waals surface area contributed by atoms with E-state index in [1.54, 1.807) is 45.0 Å². The first-order chi connectivity index (χ1) is 18.0. The van der Waals surface area contributed by atoms with Crippen LogP contribution in [-0.4, -0.2) is 48.2 Å². The summed E-state index contributed by atoms with van der Waals surface area (Å²) in [5.41, 5.74) is -0.190. The van der Waals surface area contributed by atoms with E-state index in [0.717, 1.165) is 12.8 Å². The third kappa shape index (κ3) is 8.34. The largest absolute Gasteiger partial charge is 0.493 e. The molecule has 208 valence electrons. The minimum absolute atomic E-state index is 0.108. The number of rotatable bonds is 13. The van der Waals surface area contributed by atoms with Crippen molar-refractivity contribution < 1.29 is 33.3 Å². The van der Waals surface area contributed by atoms with Gasteiger partial charge in [0.05, 0.1) is 7.11 Å². The van der Waals surface area contributed by atoms with Crippen LogP contribution >= 0.6 is 11.6 Å². The van der Waals surface area contributed by atoms with Gasteiger partial charge in [0.15, 0.2) is 11.4 Å². The SMILES string of the molecule is CCC(CC)[C@@H](Oc1cccc(Cl)c1)[C@H](C)OC(=O)[C@@H](NC(=O)c1nccc(OC)c1OC(C)=O)C(C)C. The molecule has 1 aromatic heterocycles.